The van der Waals surface area contributed by atoms with E-state index in [1.807, 2.05) is 0 Å². The lowest BCUT2D eigenvalue weighted by Gasteiger charge is -2.18. The molecule has 1 saturated heterocycles. The van der Waals surface area contributed by atoms with Gasteiger partial charge in [0.15, 0.2) is 0 Å². The van der Waals surface area contributed by atoms with Gasteiger partial charge in [-0.3, -0.25) is 0 Å². The molecule has 1 aliphatic rings. The van der Waals surface area contributed by atoms with Crippen molar-refractivity contribution in [2.24, 2.45) is 0 Å². The molecular formula is C11H11ClF3NOS. The average molecular weight is 298 g/mol. The summed E-state index contributed by atoms with van der Waals surface area (Å²) >= 11 is 7.33. The van der Waals surface area contributed by atoms with Crippen molar-refractivity contribution in [3.05, 3.63) is 28.5 Å². The molecular weight excluding hydrogens is 287 g/mol. The van der Waals surface area contributed by atoms with Crippen molar-refractivity contribution < 1.29 is 18.3 Å². The lowest BCUT2D eigenvalue weighted by Crippen LogP contribution is -2.15. The Labute approximate surface area is 112 Å². The number of thioether (sulfide) groups is 1. The van der Waals surface area contributed by atoms with Gasteiger partial charge in [-0.1, -0.05) is 17.7 Å². The molecule has 2 rings (SSSR count). The highest BCUT2D eigenvalue weighted by atomic mass is 35.5. The van der Waals surface area contributed by atoms with Crippen LogP contribution in [-0.2, 0) is 6.18 Å². The lowest BCUT2D eigenvalue weighted by molar-refractivity contribution is -0.141. The van der Waals surface area contributed by atoms with Crippen molar-refractivity contribution in [1.82, 2.24) is 4.98 Å². The third kappa shape index (κ3) is 2.92. The second-order valence-corrected chi connectivity index (χ2v) is 5.78. The Balaban J connectivity index is 2.24. The Morgan fingerprint density at radius 1 is 1.44 bits per heavy atom. The van der Waals surface area contributed by atoms with E-state index in [2.05, 4.69) is 4.98 Å². The predicted octanol–water partition coefficient (Wildman–Crippen LogP) is 3.68. The van der Waals surface area contributed by atoms with Gasteiger partial charge in [-0.15, -0.1) is 0 Å². The molecule has 1 aliphatic heterocycles. The molecule has 18 heavy (non-hydrogen) atoms. The van der Waals surface area contributed by atoms with Gasteiger partial charge in [0.05, 0.1) is 6.10 Å². The van der Waals surface area contributed by atoms with Crippen LogP contribution >= 0.6 is 23.4 Å². The van der Waals surface area contributed by atoms with Gasteiger partial charge < -0.3 is 5.11 Å². The maximum atomic E-state index is 12.4. The summed E-state index contributed by atoms with van der Waals surface area (Å²) in [4.78, 5) is 3.31. The molecule has 2 unspecified atom stereocenters. The minimum absolute atomic E-state index is 0.0129. The zero-order valence-corrected chi connectivity index (χ0v) is 10.8. The number of rotatable bonds is 2. The summed E-state index contributed by atoms with van der Waals surface area (Å²) in [6.07, 6.45) is -3.55. The van der Waals surface area contributed by atoms with E-state index in [0.29, 0.717) is 0 Å². The number of aliphatic hydroxyl groups is 1. The standard InChI is InChI=1S/C11H11ClF3NOS/c12-10-6(9(17)7-2-1-5-18-7)3-4-8(16-10)11(13,14)15/h3-4,7,9,17H,1-2,5H2. The van der Waals surface area contributed by atoms with Gasteiger partial charge in [-0.2, -0.15) is 24.9 Å². The van der Waals surface area contributed by atoms with Crippen LogP contribution in [0.25, 0.3) is 0 Å². The minimum atomic E-state index is -4.52. The second-order valence-electron chi connectivity index (χ2n) is 4.07. The normalized spacial score (nSPS) is 22.2. The zero-order chi connectivity index (χ0) is 13.3. The van der Waals surface area contributed by atoms with E-state index in [1.165, 1.54) is 6.07 Å². The van der Waals surface area contributed by atoms with E-state index in [1.54, 1.807) is 11.8 Å². The van der Waals surface area contributed by atoms with Gasteiger partial charge in [0, 0.05) is 10.8 Å². The molecule has 100 valence electrons. The molecule has 2 heterocycles. The summed E-state index contributed by atoms with van der Waals surface area (Å²) in [5, 5.41) is 9.78. The number of halogens is 4. The molecule has 0 amide bonds. The van der Waals surface area contributed by atoms with Gasteiger partial charge in [-0.05, 0) is 24.7 Å². The van der Waals surface area contributed by atoms with Crippen LogP contribution < -0.4 is 0 Å². The number of aromatic nitrogens is 1. The predicted molar refractivity (Wildman–Crippen MR) is 64.7 cm³/mol. The third-order valence-corrected chi connectivity index (χ3v) is 4.55. The topological polar surface area (TPSA) is 33.1 Å². The van der Waals surface area contributed by atoms with E-state index in [4.69, 9.17) is 11.6 Å². The Morgan fingerprint density at radius 2 is 2.17 bits per heavy atom. The van der Waals surface area contributed by atoms with E-state index in [0.717, 1.165) is 24.7 Å². The number of nitrogens with zero attached hydrogens (tertiary/aromatic N) is 1. The Hall–Kier alpha value is -0.460. The number of pyridine rings is 1. The van der Waals surface area contributed by atoms with Gasteiger partial charge in [0.2, 0.25) is 0 Å². The second kappa shape index (κ2) is 5.27. The van der Waals surface area contributed by atoms with Crippen molar-refractivity contribution in [3.8, 4) is 0 Å². The van der Waals surface area contributed by atoms with Crippen molar-refractivity contribution >= 4 is 23.4 Å². The fourth-order valence-corrected chi connectivity index (χ4v) is 3.44. The Morgan fingerprint density at radius 3 is 2.67 bits per heavy atom. The molecule has 2 atom stereocenters. The molecule has 1 aromatic rings. The smallest absolute Gasteiger partial charge is 0.387 e. The molecule has 0 aliphatic carbocycles. The van der Waals surface area contributed by atoms with E-state index in [9.17, 15) is 18.3 Å². The van der Waals surface area contributed by atoms with Crippen molar-refractivity contribution in [3.63, 3.8) is 0 Å². The maximum Gasteiger partial charge on any atom is 0.433 e. The first-order chi connectivity index (χ1) is 8.39. The van der Waals surface area contributed by atoms with E-state index in [-0.39, 0.29) is 16.0 Å². The van der Waals surface area contributed by atoms with E-state index < -0.39 is 18.0 Å². The van der Waals surface area contributed by atoms with Crippen molar-refractivity contribution in [2.45, 2.75) is 30.4 Å². The highest BCUT2D eigenvalue weighted by Gasteiger charge is 2.34. The molecule has 1 N–H and O–H groups in total. The largest absolute Gasteiger partial charge is 0.433 e. The molecule has 2 nitrogen and oxygen atoms in total. The average Bonchev–Trinajstić information content (AvgIpc) is 2.80. The molecule has 1 aromatic heterocycles. The molecule has 7 heteroatoms. The summed E-state index contributed by atoms with van der Waals surface area (Å²) in [5.41, 5.74) is -0.772. The number of aliphatic hydroxyl groups excluding tert-OH is 1. The van der Waals surface area contributed by atoms with Crippen molar-refractivity contribution in [2.75, 3.05) is 5.75 Å². The first-order valence-corrected chi connectivity index (χ1v) is 6.85. The van der Waals surface area contributed by atoms with E-state index >= 15 is 0 Å². The highest BCUT2D eigenvalue weighted by Crippen LogP contribution is 2.38. The SMILES string of the molecule is OC(c1ccc(C(F)(F)F)nc1Cl)C1CCCS1. The molecule has 0 bridgehead atoms. The number of hydrogen-bond acceptors (Lipinski definition) is 3. The van der Waals surface area contributed by atoms with Crippen LogP contribution in [0.15, 0.2) is 12.1 Å². The first-order valence-electron chi connectivity index (χ1n) is 5.43. The summed E-state index contributed by atoms with van der Waals surface area (Å²) in [5.74, 6) is 0.952. The molecule has 0 saturated carbocycles. The van der Waals surface area contributed by atoms with Gasteiger partial charge >= 0.3 is 6.18 Å². The Bertz CT molecular complexity index is 435. The molecule has 0 aromatic carbocycles. The lowest BCUT2D eigenvalue weighted by atomic mass is 10.1. The maximum absolute atomic E-state index is 12.4. The minimum Gasteiger partial charge on any atom is -0.387 e. The molecule has 1 fully saturated rings. The fraction of sp³-hybridized carbons (Fsp3) is 0.545. The van der Waals surface area contributed by atoms with Crippen LogP contribution in [0.4, 0.5) is 13.2 Å². The zero-order valence-electron chi connectivity index (χ0n) is 9.25. The molecule has 0 spiro atoms. The summed E-state index contributed by atoms with van der Waals surface area (Å²) in [6.45, 7) is 0. The van der Waals surface area contributed by atoms with Crippen LogP contribution in [0.3, 0.4) is 0 Å². The van der Waals surface area contributed by atoms with Crippen LogP contribution in [0.2, 0.25) is 5.15 Å². The fourth-order valence-electron chi connectivity index (χ4n) is 1.88. The van der Waals surface area contributed by atoms with Crippen LogP contribution in [-0.4, -0.2) is 21.1 Å². The van der Waals surface area contributed by atoms with Crippen LogP contribution in [0.1, 0.15) is 30.2 Å². The summed E-state index contributed by atoms with van der Waals surface area (Å²) in [7, 11) is 0. The summed E-state index contributed by atoms with van der Waals surface area (Å²) < 4.78 is 37.2. The van der Waals surface area contributed by atoms with Crippen molar-refractivity contribution in [1.29, 1.82) is 0 Å². The monoisotopic (exact) mass is 297 g/mol. The van der Waals surface area contributed by atoms with Gasteiger partial charge in [0.25, 0.3) is 0 Å². The van der Waals surface area contributed by atoms with Crippen LogP contribution in [0, 0.1) is 0 Å². The van der Waals surface area contributed by atoms with Crippen LogP contribution in [0.5, 0.6) is 0 Å². The Kier molecular flexibility index (Phi) is 4.08. The van der Waals surface area contributed by atoms with Gasteiger partial charge in [0.1, 0.15) is 10.8 Å². The summed E-state index contributed by atoms with van der Waals surface area (Å²) in [6, 6.07) is 2.06. The third-order valence-electron chi connectivity index (χ3n) is 2.80. The highest BCUT2D eigenvalue weighted by molar-refractivity contribution is 8.00. The molecule has 0 radical (unpaired) electrons. The van der Waals surface area contributed by atoms with Gasteiger partial charge in [-0.25, -0.2) is 4.98 Å². The quantitative estimate of drug-likeness (QED) is 0.845. The number of alkyl halides is 3. The first kappa shape index (κ1) is 14.0. The number of hydrogen-bond donors (Lipinski definition) is 1.